The number of rotatable bonds is 7. The maximum atomic E-state index is 14.5. The molecule has 2 aromatic carbocycles. The largest absolute Gasteiger partial charge is 0.490 e. The molecule has 5 nitrogen and oxygen atoms in total. The van der Waals surface area contributed by atoms with E-state index in [-0.39, 0.29) is 5.82 Å². The van der Waals surface area contributed by atoms with E-state index in [1.807, 2.05) is 54.9 Å². The summed E-state index contributed by atoms with van der Waals surface area (Å²) in [6, 6.07) is 13.1. The Kier molecular flexibility index (Phi) is 8.60. The first-order chi connectivity index (χ1) is 16.7. The van der Waals surface area contributed by atoms with Crippen LogP contribution in [-0.2, 0) is 0 Å². The number of halogens is 1. The van der Waals surface area contributed by atoms with Crippen LogP contribution in [0.5, 0.6) is 5.75 Å². The van der Waals surface area contributed by atoms with E-state index in [0.717, 1.165) is 22.5 Å². The first kappa shape index (κ1) is 24.3. The lowest BCUT2D eigenvalue weighted by Gasteiger charge is -2.21. The normalized spacial score (nSPS) is 13.7. The first-order valence-corrected chi connectivity index (χ1v) is 13.5. The average Bonchev–Trinajstić information content (AvgIpc) is 3.59. The van der Waals surface area contributed by atoms with Gasteiger partial charge >= 0.3 is 0 Å². The second-order valence-electron chi connectivity index (χ2n) is 7.99. The molecule has 2 aromatic heterocycles. The van der Waals surface area contributed by atoms with E-state index in [1.54, 1.807) is 6.07 Å². The molecule has 1 aliphatic carbocycles. The van der Waals surface area contributed by atoms with Crippen LogP contribution in [0.1, 0.15) is 46.0 Å². The summed E-state index contributed by atoms with van der Waals surface area (Å²) < 4.78 is 24.2. The summed E-state index contributed by atoms with van der Waals surface area (Å²) in [5.41, 5.74) is 4.43. The molecule has 5 rings (SSSR count). The summed E-state index contributed by atoms with van der Waals surface area (Å²) in [5.74, 6) is 0.507. The lowest BCUT2D eigenvalue weighted by molar-refractivity contribution is 0.202. The van der Waals surface area contributed by atoms with Gasteiger partial charge in [0.05, 0.1) is 12.3 Å². The number of nitrogens with zero attached hydrogens (tertiary/aromatic N) is 3. The number of hydrogen-bond acceptors (Lipinski definition) is 7. The number of thiazole rings is 1. The van der Waals surface area contributed by atoms with Crippen LogP contribution in [0.3, 0.4) is 0 Å². The van der Waals surface area contributed by atoms with Crippen molar-refractivity contribution in [3.63, 3.8) is 0 Å². The van der Waals surface area contributed by atoms with Crippen LogP contribution in [-0.4, -0.2) is 21.2 Å². The molecule has 0 saturated heterocycles. The van der Waals surface area contributed by atoms with E-state index in [4.69, 9.17) is 4.74 Å². The standard InChI is InChI=1S/C24H23FN4OS2.C2H6/c25-20-12-19(10-11-23(20)30-13-16-4-2-1-3-5-16)26-24-27-21(14-31-24)17-6-8-18(9-7-17)22-15-32-29-28-22;1-2/h6-12,14-16H,1-5,13H2,(H,26,27);1-2H3. The SMILES string of the molecule is CC.Fc1cc(Nc2nc(-c3ccc(-c4csnn4)cc3)cs2)ccc1OCC1CCCCC1. The van der Waals surface area contributed by atoms with Gasteiger partial charge in [0, 0.05) is 33.6 Å². The Bertz CT molecular complexity index is 1160. The molecular formula is C26H29FN4OS2. The van der Waals surface area contributed by atoms with Crippen molar-refractivity contribution >= 4 is 33.7 Å². The van der Waals surface area contributed by atoms with Gasteiger partial charge < -0.3 is 10.1 Å². The van der Waals surface area contributed by atoms with Gasteiger partial charge in [-0.1, -0.05) is 61.9 Å². The molecule has 0 radical (unpaired) electrons. The average molecular weight is 497 g/mol. The quantitative estimate of drug-likeness (QED) is 0.279. The highest BCUT2D eigenvalue weighted by atomic mass is 32.1. The molecule has 0 aliphatic heterocycles. The van der Waals surface area contributed by atoms with Gasteiger partial charge in [-0.2, -0.15) is 0 Å². The molecule has 0 atom stereocenters. The number of nitrogens with one attached hydrogen (secondary N) is 1. The Morgan fingerprint density at radius 1 is 0.971 bits per heavy atom. The van der Waals surface area contributed by atoms with Crippen molar-refractivity contribution in [3.05, 3.63) is 59.0 Å². The van der Waals surface area contributed by atoms with E-state index in [9.17, 15) is 4.39 Å². The maximum absolute atomic E-state index is 14.5. The molecule has 1 fully saturated rings. The van der Waals surface area contributed by atoms with E-state index < -0.39 is 0 Å². The van der Waals surface area contributed by atoms with Crippen LogP contribution < -0.4 is 10.1 Å². The van der Waals surface area contributed by atoms with Crippen molar-refractivity contribution in [1.29, 1.82) is 0 Å². The van der Waals surface area contributed by atoms with Crippen molar-refractivity contribution in [2.24, 2.45) is 5.92 Å². The molecule has 1 saturated carbocycles. The summed E-state index contributed by atoms with van der Waals surface area (Å²) in [4.78, 5) is 4.65. The second-order valence-corrected chi connectivity index (χ2v) is 9.46. The summed E-state index contributed by atoms with van der Waals surface area (Å²) in [6.07, 6.45) is 6.17. The Morgan fingerprint density at radius 3 is 2.38 bits per heavy atom. The highest BCUT2D eigenvalue weighted by Gasteiger charge is 2.15. The molecule has 1 N–H and O–H groups in total. The third kappa shape index (κ3) is 6.18. The number of ether oxygens (including phenoxy) is 1. The molecule has 4 aromatic rings. The third-order valence-corrected chi connectivity index (χ3v) is 6.99. The Hall–Kier alpha value is -2.84. The van der Waals surface area contributed by atoms with Gasteiger partial charge in [0.15, 0.2) is 16.7 Å². The minimum Gasteiger partial charge on any atom is -0.490 e. The zero-order valence-electron chi connectivity index (χ0n) is 19.5. The first-order valence-electron chi connectivity index (χ1n) is 11.8. The third-order valence-electron chi connectivity index (χ3n) is 5.72. The van der Waals surface area contributed by atoms with Gasteiger partial charge in [-0.15, -0.1) is 16.4 Å². The zero-order chi connectivity index (χ0) is 23.8. The second kappa shape index (κ2) is 12.0. The molecule has 0 amide bonds. The van der Waals surface area contributed by atoms with E-state index in [2.05, 4.69) is 19.9 Å². The molecule has 0 bridgehead atoms. The summed E-state index contributed by atoms with van der Waals surface area (Å²) in [6.45, 7) is 4.59. The summed E-state index contributed by atoms with van der Waals surface area (Å²) in [5, 5.41) is 11.9. The fourth-order valence-electron chi connectivity index (χ4n) is 3.95. The van der Waals surface area contributed by atoms with Crippen LogP contribution in [0, 0.1) is 11.7 Å². The molecule has 34 heavy (non-hydrogen) atoms. The lowest BCUT2D eigenvalue weighted by atomic mass is 9.90. The van der Waals surface area contributed by atoms with Crippen LogP contribution in [0.15, 0.2) is 53.2 Å². The van der Waals surface area contributed by atoms with E-state index >= 15 is 0 Å². The highest BCUT2D eigenvalue weighted by molar-refractivity contribution is 7.14. The molecule has 1 aliphatic rings. The van der Waals surface area contributed by atoms with Crippen LogP contribution >= 0.6 is 22.9 Å². The molecule has 2 heterocycles. The van der Waals surface area contributed by atoms with Gasteiger partial charge in [0.1, 0.15) is 5.69 Å². The molecule has 178 valence electrons. The summed E-state index contributed by atoms with van der Waals surface area (Å²) in [7, 11) is 0. The van der Waals surface area contributed by atoms with Crippen molar-refractivity contribution in [1.82, 2.24) is 14.6 Å². The van der Waals surface area contributed by atoms with E-state index in [0.29, 0.717) is 29.1 Å². The Morgan fingerprint density at radius 2 is 1.71 bits per heavy atom. The molecular weight excluding hydrogens is 467 g/mol. The predicted molar refractivity (Wildman–Crippen MR) is 140 cm³/mol. The summed E-state index contributed by atoms with van der Waals surface area (Å²) >= 11 is 2.82. The maximum Gasteiger partial charge on any atom is 0.187 e. The fraction of sp³-hybridized carbons (Fsp3) is 0.346. The van der Waals surface area contributed by atoms with Crippen molar-refractivity contribution in [3.8, 4) is 28.3 Å². The van der Waals surface area contributed by atoms with Gasteiger partial charge in [-0.25, -0.2) is 9.37 Å². The number of aromatic nitrogens is 3. The number of anilines is 2. The molecule has 0 unspecified atom stereocenters. The van der Waals surface area contributed by atoms with Crippen molar-refractivity contribution in [2.75, 3.05) is 11.9 Å². The number of benzene rings is 2. The predicted octanol–water partition coefficient (Wildman–Crippen LogP) is 8.20. The van der Waals surface area contributed by atoms with Crippen LogP contribution in [0.4, 0.5) is 15.2 Å². The molecule has 8 heteroatoms. The topological polar surface area (TPSA) is 59.9 Å². The van der Waals surface area contributed by atoms with Gasteiger partial charge in [-0.3, -0.25) is 0 Å². The highest BCUT2D eigenvalue weighted by Crippen LogP contribution is 2.31. The smallest absolute Gasteiger partial charge is 0.187 e. The van der Waals surface area contributed by atoms with Gasteiger partial charge in [0.2, 0.25) is 0 Å². The minimum absolute atomic E-state index is 0.316. The monoisotopic (exact) mass is 496 g/mol. The molecule has 0 spiro atoms. The van der Waals surface area contributed by atoms with Crippen molar-refractivity contribution < 1.29 is 9.13 Å². The number of hydrogen-bond donors (Lipinski definition) is 1. The zero-order valence-corrected chi connectivity index (χ0v) is 21.1. The minimum atomic E-state index is -0.352. The fourth-order valence-corrected chi connectivity index (χ4v) is 5.15. The Labute approximate surface area is 208 Å². The van der Waals surface area contributed by atoms with Gasteiger partial charge in [-0.05, 0) is 42.4 Å². The van der Waals surface area contributed by atoms with Crippen LogP contribution in [0.25, 0.3) is 22.5 Å². The van der Waals surface area contributed by atoms with Crippen LogP contribution in [0.2, 0.25) is 0 Å². The Balaban J connectivity index is 0.00000133. The van der Waals surface area contributed by atoms with Gasteiger partial charge in [0.25, 0.3) is 0 Å². The van der Waals surface area contributed by atoms with Crippen molar-refractivity contribution in [2.45, 2.75) is 46.0 Å². The van der Waals surface area contributed by atoms with E-state index in [1.165, 1.54) is 61.0 Å². The lowest BCUT2D eigenvalue weighted by Crippen LogP contribution is -2.15.